The molecule has 0 saturated carbocycles. The first-order valence-corrected chi connectivity index (χ1v) is 7.17. The third-order valence-corrected chi connectivity index (χ3v) is 3.63. The van der Waals surface area contributed by atoms with Gasteiger partial charge in [-0.2, -0.15) is 5.10 Å². The van der Waals surface area contributed by atoms with Crippen molar-refractivity contribution in [3.63, 3.8) is 0 Å². The number of nitrogens with zero attached hydrogens (tertiary/aromatic N) is 2. The van der Waals surface area contributed by atoms with E-state index in [0.29, 0.717) is 18.4 Å². The summed E-state index contributed by atoms with van der Waals surface area (Å²) in [5.74, 6) is 0.677. The van der Waals surface area contributed by atoms with E-state index in [-0.39, 0.29) is 5.91 Å². The fourth-order valence-electron chi connectivity index (χ4n) is 2.58. The average Bonchev–Trinajstić information content (AvgIpc) is 2.92. The van der Waals surface area contributed by atoms with Crippen molar-refractivity contribution in [2.75, 3.05) is 19.6 Å². The molecule has 0 bridgehead atoms. The van der Waals surface area contributed by atoms with Crippen molar-refractivity contribution in [1.82, 2.24) is 20.4 Å². The van der Waals surface area contributed by atoms with Gasteiger partial charge in [0.05, 0.1) is 0 Å². The van der Waals surface area contributed by atoms with Crippen LogP contribution >= 0.6 is 0 Å². The number of likely N-dealkylation sites (tertiary alicyclic amines) is 1. The second-order valence-electron chi connectivity index (χ2n) is 5.55. The maximum atomic E-state index is 12.2. The predicted octanol–water partition coefficient (Wildman–Crippen LogP) is 1.50. The first kappa shape index (κ1) is 14.1. The van der Waals surface area contributed by atoms with Gasteiger partial charge in [-0.3, -0.25) is 9.89 Å². The summed E-state index contributed by atoms with van der Waals surface area (Å²) in [5.41, 5.74) is 1.15. The molecular formula is C14H24N4O. The summed E-state index contributed by atoms with van der Waals surface area (Å²) in [4.78, 5) is 14.2. The second-order valence-corrected chi connectivity index (χ2v) is 5.55. The van der Waals surface area contributed by atoms with Gasteiger partial charge in [-0.15, -0.1) is 0 Å². The number of piperidine rings is 1. The Bertz CT molecular complexity index is 388. The Morgan fingerprint density at radius 3 is 3.16 bits per heavy atom. The first-order valence-electron chi connectivity index (χ1n) is 7.17. The molecule has 1 saturated heterocycles. The molecule has 19 heavy (non-hydrogen) atoms. The maximum absolute atomic E-state index is 12.2. The largest absolute Gasteiger partial charge is 0.342 e. The Morgan fingerprint density at radius 1 is 1.63 bits per heavy atom. The Kier molecular flexibility index (Phi) is 4.96. The van der Waals surface area contributed by atoms with Crippen LogP contribution < -0.4 is 5.32 Å². The number of nitrogens with one attached hydrogen (secondary N) is 2. The van der Waals surface area contributed by atoms with Crippen LogP contribution in [0.4, 0.5) is 0 Å². The molecule has 1 aliphatic rings. The molecule has 2 N–H and O–H groups in total. The van der Waals surface area contributed by atoms with Crippen LogP contribution in [0.25, 0.3) is 0 Å². The molecule has 0 aromatic carbocycles. The Labute approximate surface area is 114 Å². The molecule has 1 fully saturated rings. The Hall–Kier alpha value is -1.36. The summed E-state index contributed by atoms with van der Waals surface area (Å²) < 4.78 is 0. The first-order chi connectivity index (χ1) is 9.16. The highest BCUT2D eigenvalue weighted by molar-refractivity contribution is 5.76. The van der Waals surface area contributed by atoms with Crippen LogP contribution in [0.5, 0.6) is 0 Å². The molecule has 1 atom stereocenters. The zero-order valence-electron chi connectivity index (χ0n) is 11.9. The van der Waals surface area contributed by atoms with Crippen molar-refractivity contribution in [3.8, 4) is 0 Å². The summed E-state index contributed by atoms with van der Waals surface area (Å²) in [6.45, 7) is 6.68. The maximum Gasteiger partial charge on any atom is 0.223 e. The fourth-order valence-corrected chi connectivity index (χ4v) is 2.58. The monoisotopic (exact) mass is 264 g/mol. The van der Waals surface area contributed by atoms with Gasteiger partial charge in [0.2, 0.25) is 5.91 Å². The van der Waals surface area contributed by atoms with Gasteiger partial charge in [-0.25, -0.2) is 0 Å². The number of carbonyl (C=O) groups excluding carboxylic acids is 1. The van der Waals surface area contributed by atoms with Crippen LogP contribution in [0.15, 0.2) is 12.3 Å². The number of hydrogen-bond acceptors (Lipinski definition) is 3. The Balaban J connectivity index is 1.82. The predicted molar refractivity (Wildman–Crippen MR) is 74.9 cm³/mol. The van der Waals surface area contributed by atoms with Gasteiger partial charge < -0.3 is 10.2 Å². The highest BCUT2D eigenvalue weighted by atomic mass is 16.2. The number of rotatable bonds is 5. The normalized spacial score (nSPS) is 19.9. The summed E-state index contributed by atoms with van der Waals surface area (Å²) in [6.07, 6.45) is 4.58. The van der Waals surface area contributed by atoms with Crippen LogP contribution in [0.3, 0.4) is 0 Å². The molecule has 1 amide bonds. The molecular weight excluding hydrogens is 240 g/mol. The quantitative estimate of drug-likeness (QED) is 0.847. The fraction of sp³-hybridized carbons (Fsp3) is 0.714. The van der Waals surface area contributed by atoms with Crippen molar-refractivity contribution in [3.05, 3.63) is 18.0 Å². The van der Waals surface area contributed by atoms with Gasteiger partial charge >= 0.3 is 0 Å². The number of amides is 1. The molecule has 5 nitrogen and oxygen atoms in total. The van der Waals surface area contributed by atoms with E-state index in [2.05, 4.69) is 29.4 Å². The van der Waals surface area contributed by atoms with E-state index < -0.39 is 0 Å². The Morgan fingerprint density at radius 2 is 2.47 bits per heavy atom. The molecule has 2 rings (SSSR count). The smallest absolute Gasteiger partial charge is 0.223 e. The van der Waals surface area contributed by atoms with E-state index in [4.69, 9.17) is 0 Å². The van der Waals surface area contributed by atoms with E-state index in [0.717, 1.165) is 38.2 Å². The van der Waals surface area contributed by atoms with Gasteiger partial charge in [0.15, 0.2) is 0 Å². The van der Waals surface area contributed by atoms with Crippen LogP contribution in [-0.4, -0.2) is 46.7 Å². The topological polar surface area (TPSA) is 61.0 Å². The van der Waals surface area contributed by atoms with Gasteiger partial charge in [0, 0.05) is 49.9 Å². The summed E-state index contributed by atoms with van der Waals surface area (Å²) in [6, 6.07) is 2.45. The van der Waals surface area contributed by atoms with Crippen molar-refractivity contribution in [2.45, 2.75) is 45.1 Å². The van der Waals surface area contributed by atoms with Crippen molar-refractivity contribution in [2.24, 2.45) is 0 Å². The van der Waals surface area contributed by atoms with E-state index in [1.165, 1.54) is 0 Å². The molecule has 0 spiro atoms. The molecule has 0 aliphatic carbocycles. The molecule has 1 unspecified atom stereocenters. The minimum Gasteiger partial charge on any atom is -0.342 e. The van der Waals surface area contributed by atoms with Crippen molar-refractivity contribution in [1.29, 1.82) is 0 Å². The zero-order chi connectivity index (χ0) is 13.7. The average molecular weight is 264 g/mol. The van der Waals surface area contributed by atoms with Crippen molar-refractivity contribution < 1.29 is 4.79 Å². The molecule has 5 heteroatoms. The number of hydrogen-bond donors (Lipinski definition) is 2. The zero-order valence-corrected chi connectivity index (χ0v) is 11.9. The molecule has 0 radical (unpaired) electrons. The third kappa shape index (κ3) is 4.06. The molecule has 106 valence electrons. The lowest BCUT2D eigenvalue weighted by Crippen LogP contribution is -2.40. The summed E-state index contributed by atoms with van der Waals surface area (Å²) >= 11 is 0. The van der Waals surface area contributed by atoms with E-state index >= 15 is 0 Å². The number of carbonyl (C=O) groups is 1. The molecule has 2 heterocycles. The highest BCUT2D eigenvalue weighted by Gasteiger charge is 2.25. The SMILES string of the molecule is CC(C)NCCC(=O)N1CCCC(c2ccn[nH]2)C1. The van der Waals surface area contributed by atoms with Gasteiger partial charge in [-0.05, 0) is 18.9 Å². The summed E-state index contributed by atoms with van der Waals surface area (Å²) in [7, 11) is 0. The van der Waals surface area contributed by atoms with E-state index in [1.54, 1.807) is 6.20 Å². The number of H-pyrrole nitrogens is 1. The van der Waals surface area contributed by atoms with Gasteiger partial charge in [0.25, 0.3) is 0 Å². The summed E-state index contributed by atoms with van der Waals surface area (Å²) in [5, 5.41) is 10.3. The minimum atomic E-state index is 0.261. The van der Waals surface area contributed by atoms with Crippen molar-refractivity contribution >= 4 is 5.91 Å². The third-order valence-electron chi connectivity index (χ3n) is 3.63. The van der Waals surface area contributed by atoms with E-state index in [9.17, 15) is 4.79 Å². The standard InChI is InChI=1S/C14H24N4O/c1-11(2)15-7-6-14(19)18-9-3-4-12(10-18)13-5-8-16-17-13/h5,8,11-12,15H,3-4,6-7,9-10H2,1-2H3,(H,16,17). The van der Waals surface area contributed by atoms with Crippen LogP contribution in [0.1, 0.15) is 44.7 Å². The van der Waals surface area contributed by atoms with Crippen LogP contribution in [-0.2, 0) is 4.79 Å². The van der Waals surface area contributed by atoms with Crippen LogP contribution in [0.2, 0.25) is 0 Å². The van der Waals surface area contributed by atoms with Crippen LogP contribution in [0, 0.1) is 0 Å². The molecule has 1 aliphatic heterocycles. The lowest BCUT2D eigenvalue weighted by Gasteiger charge is -2.32. The lowest BCUT2D eigenvalue weighted by atomic mass is 9.95. The second kappa shape index (κ2) is 6.70. The number of aromatic nitrogens is 2. The highest BCUT2D eigenvalue weighted by Crippen LogP contribution is 2.25. The number of aromatic amines is 1. The van der Waals surface area contributed by atoms with E-state index in [1.807, 2.05) is 11.0 Å². The van der Waals surface area contributed by atoms with Gasteiger partial charge in [0.1, 0.15) is 0 Å². The molecule has 1 aromatic rings. The minimum absolute atomic E-state index is 0.261. The molecule has 1 aromatic heterocycles. The van der Waals surface area contributed by atoms with Gasteiger partial charge in [-0.1, -0.05) is 13.8 Å². The lowest BCUT2D eigenvalue weighted by molar-refractivity contribution is -0.132.